The zero-order valence-electron chi connectivity index (χ0n) is 19.5. The van der Waals surface area contributed by atoms with E-state index in [4.69, 9.17) is 0 Å². The zero-order valence-corrected chi connectivity index (χ0v) is 20.3. The minimum atomic E-state index is -0.168. The maximum Gasteiger partial charge on any atom is 0.255 e. The molecule has 0 heterocycles. The fourth-order valence-corrected chi connectivity index (χ4v) is 4.80. The van der Waals surface area contributed by atoms with Crippen molar-refractivity contribution in [3.8, 4) is 0 Å². The highest BCUT2D eigenvalue weighted by Crippen LogP contribution is 2.28. The molecule has 5 aromatic rings. The lowest BCUT2D eigenvalue weighted by atomic mass is 10.1. The number of carbonyl (C=O) groups is 2. The molecule has 1 N–H and O–H groups in total. The Morgan fingerprint density at radius 2 is 1.28 bits per heavy atom. The maximum atomic E-state index is 13.3. The summed E-state index contributed by atoms with van der Waals surface area (Å²) in [7, 11) is 0. The number of nitrogens with zero attached hydrogens (tertiary/aromatic N) is 1. The van der Waals surface area contributed by atoms with Crippen LogP contribution < -0.4 is 10.2 Å². The Kier molecular flexibility index (Phi) is 7.10. The van der Waals surface area contributed by atoms with E-state index in [1.807, 2.05) is 127 Å². The Morgan fingerprint density at radius 3 is 1.97 bits per heavy atom. The van der Waals surface area contributed by atoms with E-state index in [1.165, 1.54) is 11.8 Å². The van der Waals surface area contributed by atoms with Crippen molar-refractivity contribution in [2.45, 2.75) is 4.90 Å². The molecule has 0 aliphatic heterocycles. The van der Waals surface area contributed by atoms with Gasteiger partial charge in [0.1, 0.15) is 0 Å². The molecule has 0 atom stereocenters. The van der Waals surface area contributed by atoms with E-state index < -0.39 is 0 Å². The summed E-state index contributed by atoms with van der Waals surface area (Å²) in [4.78, 5) is 28.8. The molecule has 5 aromatic carbocycles. The number of carbonyl (C=O) groups excluding carboxylic acids is 2. The minimum absolute atomic E-state index is 0.0250. The number of amides is 2. The molecule has 5 heteroatoms. The van der Waals surface area contributed by atoms with Gasteiger partial charge in [-0.05, 0) is 65.4 Å². The van der Waals surface area contributed by atoms with Crippen LogP contribution in [-0.4, -0.2) is 17.6 Å². The molecule has 0 saturated heterocycles. The first-order chi connectivity index (χ1) is 17.7. The second kappa shape index (κ2) is 10.9. The summed E-state index contributed by atoms with van der Waals surface area (Å²) in [6.07, 6.45) is 0. The van der Waals surface area contributed by atoms with Gasteiger partial charge in [0.15, 0.2) is 0 Å². The highest BCUT2D eigenvalue weighted by Gasteiger charge is 2.18. The largest absolute Gasteiger partial charge is 0.322 e. The van der Waals surface area contributed by atoms with Gasteiger partial charge in [-0.3, -0.25) is 14.5 Å². The summed E-state index contributed by atoms with van der Waals surface area (Å²) in [5, 5.41) is 5.09. The lowest BCUT2D eigenvalue weighted by Gasteiger charge is -2.23. The molecular formula is C31H24N2O2S. The number of benzene rings is 5. The van der Waals surface area contributed by atoms with E-state index in [0.717, 1.165) is 27.0 Å². The molecule has 0 radical (unpaired) electrons. The molecule has 0 fully saturated rings. The molecule has 0 unspecified atom stereocenters. The van der Waals surface area contributed by atoms with Crippen LogP contribution >= 0.6 is 11.8 Å². The standard InChI is InChI=1S/C31H24N2O2S/c34-30(33(27-13-3-1-4-14-27)28-15-5-2-6-16-28)22-36-29-17-9-12-26(21-29)32-31(35)25-19-18-23-10-7-8-11-24(23)20-25/h1-21H,22H2,(H,32,35). The van der Waals surface area contributed by atoms with Crippen LogP contribution in [0, 0.1) is 0 Å². The number of fused-ring (bicyclic) bond motifs is 1. The summed E-state index contributed by atoms with van der Waals surface area (Å²) >= 11 is 1.44. The van der Waals surface area contributed by atoms with Crippen LogP contribution in [0.2, 0.25) is 0 Å². The van der Waals surface area contributed by atoms with Gasteiger partial charge < -0.3 is 5.32 Å². The zero-order chi connectivity index (χ0) is 24.7. The van der Waals surface area contributed by atoms with Gasteiger partial charge in [-0.25, -0.2) is 0 Å². The molecule has 0 spiro atoms. The maximum absolute atomic E-state index is 13.3. The normalized spacial score (nSPS) is 10.7. The van der Waals surface area contributed by atoms with Crippen molar-refractivity contribution in [2.24, 2.45) is 0 Å². The number of nitrogens with one attached hydrogen (secondary N) is 1. The molecule has 0 saturated carbocycles. The molecule has 0 aromatic heterocycles. The first-order valence-electron chi connectivity index (χ1n) is 11.6. The van der Waals surface area contributed by atoms with Crippen molar-refractivity contribution in [2.75, 3.05) is 16.0 Å². The summed E-state index contributed by atoms with van der Waals surface area (Å²) < 4.78 is 0. The van der Waals surface area contributed by atoms with Crippen molar-refractivity contribution in [3.63, 3.8) is 0 Å². The van der Waals surface area contributed by atoms with Crippen molar-refractivity contribution >= 4 is 51.4 Å². The summed E-state index contributed by atoms with van der Waals surface area (Å²) in [5.74, 6) is 0.0626. The topological polar surface area (TPSA) is 49.4 Å². The molecule has 36 heavy (non-hydrogen) atoms. The van der Waals surface area contributed by atoms with E-state index in [-0.39, 0.29) is 17.6 Å². The van der Waals surface area contributed by atoms with E-state index in [1.54, 1.807) is 4.90 Å². The van der Waals surface area contributed by atoms with Gasteiger partial charge in [-0.1, -0.05) is 72.8 Å². The van der Waals surface area contributed by atoms with Crippen LogP contribution in [0.5, 0.6) is 0 Å². The smallest absolute Gasteiger partial charge is 0.255 e. The second-order valence-electron chi connectivity index (χ2n) is 8.23. The lowest BCUT2D eigenvalue weighted by Crippen LogP contribution is -2.27. The van der Waals surface area contributed by atoms with E-state index in [0.29, 0.717) is 11.3 Å². The Morgan fingerprint density at radius 1 is 0.639 bits per heavy atom. The third-order valence-corrected chi connectivity index (χ3v) is 6.72. The highest BCUT2D eigenvalue weighted by atomic mass is 32.2. The summed E-state index contributed by atoms with van der Waals surface area (Å²) in [6.45, 7) is 0. The van der Waals surface area contributed by atoms with E-state index in [2.05, 4.69) is 5.32 Å². The quantitative estimate of drug-likeness (QED) is 0.241. The third kappa shape index (κ3) is 5.48. The lowest BCUT2D eigenvalue weighted by molar-refractivity contribution is -0.115. The van der Waals surface area contributed by atoms with Crippen LogP contribution in [0.3, 0.4) is 0 Å². The fourth-order valence-electron chi connectivity index (χ4n) is 4.00. The number of para-hydroxylation sites is 2. The Balaban J connectivity index is 1.28. The van der Waals surface area contributed by atoms with Crippen molar-refractivity contribution < 1.29 is 9.59 Å². The molecule has 4 nitrogen and oxygen atoms in total. The first kappa shape index (κ1) is 23.4. The van der Waals surface area contributed by atoms with Gasteiger partial charge in [-0.15, -0.1) is 11.8 Å². The molecule has 0 aliphatic rings. The van der Waals surface area contributed by atoms with Gasteiger partial charge >= 0.3 is 0 Å². The predicted molar refractivity (Wildman–Crippen MR) is 149 cm³/mol. The number of rotatable bonds is 7. The molecule has 2 amide bonds. The van der Waals surface area contributed by atoms with E-state index >= 15 is 0 Å². The summed E-state index contributed by atoms with van der Waals surface area (Å²) in [6, 6.07) is 40.5. The highest BCUT2D eigenvalue weighted by molar-refractivity contribution is 8.00. The van der Waals surface area contributed by atoms with E-state index in [9.17, 15) is 9.59 Å². The fraction of sp³-hybridized carbons (Fsp3) is 0.0323. The van der Waals surface area contributed by atoms with Gasteiger partial charge in [0.2, 0.25) is 5.91 Å². The average Bonchev–Trinajstić information content (AvgIpc) is 2.93. The van der Waals surface area contributed by atoms with Crippen molar-refractivity contribution in [3.05, 3.63) is 133 Å². The van der Waals surface area contributed by atoms with Gasteiger partial charge in [0, 0.05) is 27.5 Å². The van der Waals surface area contributed by atoms with Gasteiger partial charge in [0.05, 0.1) is 5.75 Å². The number of anilines is 3. The SMILES string of the molecule is O=C(Nc1cccc(SCC(=O)N(c2ccccc2)c2ccccc2)c1)c1ccc2ccccc2c1. The number of hydrogen-bond acceptors (Lipinski definition) is 3. The number of thioether (sulfide) groups is 1. The van der Waals surface area contributed by atoms with Gasteiger partial charge in [-0.2, -0.15) is 0 Å². The van der Waals surface area contributed by atoms with Gasteiger partial charge in [0.25, 0.3) is 5.91 Å². The Bertz CT molecular complexity index is 1460. The van der Waals surface area contributed by atoms with Crippen LogP contribution in [0.15, 0.2) is 132 Å². The molecule has 0 bridgehead atoms. The Labute approximate surface area is 214 Å². The average molecular weight is 489 g/mol. The summed E-state index contributed by atoms with van der Waals surface area (Å²) in [5.41, 5.74) is 2.94. The second-order valence-corrected chi connectivity index (χ2v) is 9.28. The predicted octanol–water partition coefficient (Wildman–Crippen LogP) is 7.55. The molecule has 176 valence electrons. The van der Waals surface area contributed by atoms with Crippen LogP contribution in [-0.2, 0) is 4.79 Å². The molecular weight excluding hydrogens is 464 g/mol. The Hall–Kier alpha value is -4.35. The third-order valence-electron chi connectivity index (χ3n) is 5.74. The minimum Gasteiger partial charge on any atom is -0.322 e. The van der Waals surface area contributed by atoms with Crippen molar-refractivity contribution in [1.82, 2.24) is 0 Å². The van der Waals surface area contributed by atoms with Crippen LogP contribution in [0.4, 0.5) is 17.1 Å². The molecule has 5 rings (SSSR count). The van der Waals surface area contributed by atoms with Crippen molar-refractivity contribution in [1.29, 1.82) is 0 Å². The van der Waals surface area contributed by atoms with Crippen LogP contribution in [0.25, 0.3) is 10.8 Å². The number of hydrogen-bond donors (Lipinski definition) is 1. The monoisotopic (exact) mass is 488 g/mol. The molecule has 0 aliphatic carbocycles. The first-order valence-corrected chi connectivity index (χ1v) is 12.6. The van der Waals surface area contributed by atoms with Crippen LogP contribution in [0.1, 0.15) is 10.4 Å².